The Balaban J connectivity index is 2.19. The van der Waals surface area contributed by atoms with Crippen molar-refractivity contribution >= 4 is 5.97 Å². The van der Waals surface area contributed by atoms with Gasteiger partial charge in [0.15, 0.2) is 6.20 Å². The van der Waals surface area contributed by atoms with Gasteiger partial charge in [-0.1, -0.05) is 33.1 Å². The van der Waals surface area contributed by atoms with Gasteiger partial charge >= 0.3 is 5.97 Å². The van der Waals surface area contributed by atoms with E-state index in [1.807, 2.05) is 10.8 Å². The number of aromatic nitrogens is 2. The van der Waals surface area contributed by atoms with Gasteiger partial charge in [-0.2, -0.15) is 0 Å². The highest BCUT2D eigenvalue weighted by Crippen LogP contribution is 2.13. The van der Waals surface area contributed by atoms with Crippen molar-refractivity contribution in [2.75, 3.05) is 12.4 Å². The van der Waals surface area contributed by atoms with E-state index in [-0.39, 0.29) is 5.97 Å². The minimum absolute atomic E-state index is 0.132. The van der Waals surface area contributed by atoms with Crippen LogP contribution in [0.4, 0.5) is 0 Å². The highest BCUT2D eigenvalue weighted by Gasteiger charge is 2.11. The van der Waals surface area contributed by atoms with Crippen LogP contribution in [0, 0.1) is 5.92 Å². The van der Waals surface area contributed by atoms with Gasteiger partial charge in [-0.15, -0.1) is 4.68 Å². The number of hydrogen-bond donors (Lipinski definition) is 1. The zero-order chi connectivity index (χ0) is 14.1. The molecule has 19 heavy (non-hydrogen) atoms. The van der Waals surface area contributed by atoms with Crippen molar-refractivity contribution in [1.29, 1.82) is 0 Å². The summed E-state index contributed by atoms with van der Waals surface area (Å²) < 4.78 is 8.66. The fraction of sp³-hybridized carbons (Fsp3) is 0.714. The minimum Gasteiger partial charge on any atom is -0.465 e. The maximum atomic E-state index is 11.6. The molecule has 0 bridgehead atoms. The molecule has 0 spiro atoms. The molecule has 1 aromatic rings. The summed E-state index contributed by atoms with van der Waals surface area (Å²) in [7, 11) is 0. The van der Waals surface area contributed by atoms with Crippen LogP contribution in [0.2, 0.25) is 0 Å². The molecule has 0 saturated carbocycles. The molecule has 5 nitrogen and oxygen atoms in total. The highest BCUT2D eigenvalue weighted by molar-refractivity contribution is 5.69. The lowest BCUT2D eigenvalue weighted by atomic mass is 10.0. The third-order valence-electron chi connectivity index (χ3n) is 3.31. The lowest BCUT2D eigenvalue weighted by Crippen LogP contribution is -2.33. The normalized spacial score (nSPS) is 12.3. The largest absolute Gasteiger partial charge is 0.465 e. The van der Waals surface area contributed by atoms with E-state index in [1.165, 1.54) is 17.5 Å². The van der Waals surface area contributed by atoms with Crippen LogP contribution in [0.25, 0.3) is 0 Å². The smallest absolute Gasteiger partial charge is 0.309 e. The standard InChI is InChI=1S/C14H26N3O2/c1-3-5-6-13(4-2)11-19-14(18)7-8-16-9-10-17(15)12-16/h9-10,12-13H,3-8,11,15H2,1-2H3/q+1. The number of carbonyl (C=O) groups is 1. The van der Waals surface area contributed by atoms with Crippen molar-refractivity contribution in [1.82, 2.24) is 4.68 Å². The van der Waals surface area contributed by atoms with E-state index in [1.54, 1.807) is 12.5 Å². The van der Waals surface area contributed by atoms with Crippen LogP contribution in [-0.2, 0) is 16.1 Å². The van der Waals surface area contributed by atoms with Gasteiger partial charge in [0.25, 0.3) is 6.33 Å². The monoisotopic (exact) mass is 268 g/mol. The fourth-order valence-corrected chi connectivity index (χ4v) is 1.94. The van der Waals surface area contributed by atoms with Crippen molar-refractivity contribution in [3.8, 4) is 0 Å². The van der Waals surface area contributed by atoms with Gasteiger partial charge < -0.3 is 4.74 Å². The summed E-state index contributed by atoms with van der Waals surface area (Å²) >= 11 is 0. The van der Waals surface area contributed by atoms with E-state index in [4.69, 9.17) is 10.6 Å². The molecule has 0 fully saturated rings. The van der Waals surface area contributed by atoms with E-state index in [2.05, 4.69) is 13.8 Å². The number of imidazole rings is 1. The van der Waals surface area contributed by atoms with Crippen LogP contribution >= 0.6 is 0 Å². The topological polar surface area (TPSA) is 61.1 Å². The number of nitrogens with zero attached hydrogens (tertiary/aromatic N) is 2. The van der Waals surface area contributed by atoms with Crippen LogP contribution in [0.1, 0.15) is 46.0 Å². The molecule has 5 heteroatoms. The first kappa shape index (κ1) is 15.5. The average Bonchev–Trinajstić information content (AvgIpc) is 2.82. The molecule has 1 rings (SSSR count). The fourth-order valence-electron chi connectivity index (χ4n) is 1.94. The molecule has 108 valence electrons. The number of ether oxygens (including phenoxy) is 1. The Labute approximate surface area is 115 Å². The second-order valence-electron chi connectivity index (χ2n) is 4.95. The third-order valence-corrected chi connectivity index (χ3v) is 3.31. The molecular formula is C14H26N3O2+. The van der Waals surface area contributed by atoms with E-state index in [9.17, 15) is 4.79 Å². The quantitative estimate of drug-likeness (QED) is 0.421. The van der Waals surface area contributed by atoms with Crippen LogP contribution in [0.3, 0.4) is 0 Å². The number of nitrogens with two attached hydrogens (primary N) is 1. The van der Waals surface area contributed by atoms with E-state index in [0.29, 0.717) is 25.5 Å². The molecule has 0 aromatic carbocycles. The van der Waals surface area contributed by atoms with Crippen molar-refractivity contribution in [3.63, 3.8) is 0 Å². The predicted molar refractivity (Wildman–Crippen MR) is 73.7 cm³/mol. The summed E-state index contributed by atoms with van der Waals surface area (Å²) in [6.07, 6.45) is 10.3. The zero-order valence-electron chi connectivity index (χ0n) is 12.0. The molecule has 1 aromatic heterocycles. The zero-order valence-corrected chi connectivity index (χ0v) is 12.0. The number of aryl methyl sites for hydroxylation is 1. The maximum absolute atomic E-state index is 11.6. The summed E-state index contributed by atoms with van der Waals surface area (Å²) in [5.74, 6) is 5.90. The van der Waals surface area contributed by atoms with Gasteiger partial charge in [-0.3, -0.25) is 10.6 Å². The molecule has 0 amide bonds. The summed E-state index contributed by atoms with van der Waals surface area (Å²) in [4.78, 5) is 11.6. The van der Waals surface area contributed by atoms with Crippen LogP contribution in [0.5, 0.6) is 0 Å². The van der Waals surface area contributed by atoms with Crippen molar-refractivity contribution in [3.05, 3.63) is 18.7 Å². The van der Waals surface area contributed by atoms with Crippen LogP contribution < -0.4 is 10.4 Å². The Kier molecular flexibility index (Phi) is 7.00. The first-order valence-corrected chi connectivity index (χ1v) is 7.13. The van der Waals surface area contributed by atoms with E-state index < -0.39 is 0 Å². The number of nitrogen functional groups attached to an aromatic ring is 1. The molecule has 0 aliphatic heterocycles. The Morgan fingerprint density at radius 3 is 2.84 bits per heavy atom. The summed E-state index contributed by atoms with van der Waals surface area (Å²) in [5, 5.41) is 0. The lowest BCUT2D eigenvalue weighted by Gasteiger charge is -2.14. The van der Waals surface area contributed by atoms with Crippen LogP contribution in [-0.4, -0.2) is 17.3 Å². The number of esters is 1. The second kappa shape index (κ2) is 8.56. The molecule has 0 aliphatic carbocycles. The molecule has 1 unspecified atom stereocenters. The van der Waals surface area contributed by atoms with E-state index >= 15 is 0 Å². The molecule has 1 heterocycles. The first-order chi connectivity index (χ1) is 9.15. The predicted octanol–water partition coefficient (Wildman–Crippen LogP) is 1.64. The molecular weight excluding hydrogens is 242 g/mol. The van der Waals surface area contributed by atoms with Crippen molar-refractivity contribution in [2.45, 2.75) is 52.5 Å². The van der Waals surface area contributed by atoms with Crippen molar-refractivity contribution < 1.29 is 14.1 Å². The molecule has 2 N–H and O–H groups in total. The van der Waals surface area contributed by atoms with Gasteiger partial charge in [-0.25, -0.2) is 4.57 Å². The summed E-state index contributed by atoms with van der Waals surface area (Å²) in [5.41, 5.74) is 0. The Hall–Kier alpha value is -1.52. The summed E-state index contributed by atoms with van der Waals surface area (Å²) in [6.45, 7) is 5.49. The Bertz CT molecular complexity index is 377. The SMILES string of the molecule is CCCCC(CC)COC(=O)CC[n+]1ccn(N)c1. The second-order valence-corrected chi connectivity index (χ2v) is 4.95. The van der Waals surface area contributed by atoms with Crippen LogP contribution in [0.15, 0.2) is 18.7 Å². The van der Waals surface area contributed by atoms with E-state index in [0.717, 1.165) is 12.8 Å². The van der Waals surface area contributed by atoms with Gasteiger partial charge in [0.05, 0.1) is 13.0 Å². The molecule has 0 aliphatic rings. The molecule has 0 saturated heterocycles. The highest BCUT2D eigenvalue weighted by atomic mass is 16.5. The number of unbranched alkanes of at least 4 members (excludes halogenated alkanes) is 1. The van der Waals surface area contributed by atoms with Gasteiger partial charge in [0.2, 0.25) is 0 Å². The summed E-state index contributed by atoms with van der Waals surface area (Å²) in [6, 6.07) is 0. The average molecular weight is 268 g/mol. The Morgan fingerprint density at radius 1 is 1.47 bits per heavy atom. The number of rotatable bonds is 9. The van der Waals surface area contributed by atoms with Gasteiger partial charge in [-0.05, 0) is 12.3 Å². The number of hydrogen-bond acceptors (Lipinski definition) is 3. The van der Waals surface area contributed by atoms with Crippen molar-refractivity contribution in [2.24, 2.45) is 5.92 Å². The minimum atomic E-state index is -0.132. The first-order valence-electron chi connectivity index (χ1n) is 7.13. The number of carbonyl (C=O) groups excluding carboxylic acids is 1. The molecule has 1 atom stereocenters. The van der Waals surface area contributed by atoms with Gasteiger partial charge in [0, 0.05) is 0 Å². The third kappa shape index (κ3) is 6.27. The molecule has 0 radical (unpaired) electrons. The lowest BCUT2D eigenvalue weighted by molar-refractivity contribution is -0.695. The van der Waals surface area contributed by atoms with Gasteiger partial charge in [0.1, 0.15) is 12.7 Å². The Morgan fingerprint density at radius 2 is 2.26 bits per heavy atom. The maximum Gasteiger partial charge on any atom is 0.309 e.